The van der Waals surface area contributed by atoms with Gasteiger partial charge in [-0.2, -0.15) is 0 Å². The first kappa shape index (κ1) is 21.3. The normalized spacial score (nSPS) is 11.0. The van der Waals surface area contributed by atoms with Crippen LogP contribution in [0.4, 0.5) is 5.69 Å². The van der Waals surface area contributed by atoms with Crippen LogP contribution in [0.25, 0.3) is 0 Å². The number of carbonyl (C=O) groups excluding carboxylic acids is 1. The number of amides is 1. The van der Waals surface area contributed by atoms with E-state index in [0.717, 1.165) is 14.7 Å². The maximum absolute atomic E-state index is 12.7. The largest absolute Gasteiger partial charge is 0.322 e. The van der Waals surface area contributed by atoms with Crippen LogP contribution in [0, 0.1) is 11.8 Å². The summed E-state index contributed by atoms with van der Waals surface area (Å²) in [6.07, 6.45) is 0. The van der Waals surface area contributed by atoms with Gasteiger partial charge in [0.1, 0.15) is 0 Å². The van der Waals surface area contributed by atoms with Crippen molar-refractivity contribution in [1.82, 2.24) is 4.31 Å². The number of halogens is 1. The Balaban J connectivity index is 1.83. The summed E-state index contributed by atoms with van der Waals surface area (Å²) in [5, 5.41) is 4.75. The summed E-state index contributed by atoms with van der Waals surface area (Å²) >= 11 is 4.80. The standard InChI is InChI=1S/C21H17BrN2O3S2/c1-24(2)29(26,27)20-14-16(9-11-19(20)22)21(25)23-17-6-3-5-15(13-17)8-10-18-7-4-12-28-18/h3-7,9,11-14H,1-2H3,(H,23,25). The molecule has 1 aromatic heterocycles. The Labute approximate surface area is 182 Å². The molecule has 3 aromatic rings. The number of anilines is 1. The fourth-order valence-corrected chi connectivity index (χ4v) is 4.82. The number of benzene rings is 2. The van der Waals surface area contributed by atoms with E-state index in [2.05, 4.69) is 33.1 Å². The second-order valence-electron chi connectivity index (χ2n) is 6.19. The van der Waals surface area contributed by atoms with Crippen molar-refractivity contribution >= 4 is 48.9 Å². The molecule has 0 aliphatic rings. The van der Waals surface area contributed by atoms with E-state index in [1.807, 2.05) is 23.6 Å². The predicted molar refractivity (Wildman–Crippen MR) is 120 cm³/mol. The van der Waals surface area contributed by atoms with Gasteiger partial charge < -0.3 is 5.32 Å². The van der Waals surface area contributed by atoms with Gasteiger partial charge in [-0.05, 0) is 63.8 Å². The van der Waals surface area contributed by atoms with Crippen LogP contribution in [-0.4, -0.2) is 32.7 Å². The molecule has 5 nitrogen and oxygen atoms in total. The molecular weight excluding hydrogens is 472 g/mol. The van der Waals surface area contributed by atoms with E-state index in [0.29, 0.717) is 10.2 Å². The fraction of sp³-hybridized carbons (Fsp3) is 0.0952. The van der Waals surface area contributed by atoms with Gasteiger partial charge in [0.2, 0.25) is 10.0 Å². The second kappa shape index (κ2) is 8.93. The molecule has 1 heterocycles. The van der Waals surface area contributed by atoms with Gasteiger partial charge in [0.15, 0.2) is 0 Å². The number of thiophene rings is 1. The van der Waals surface area contributed by atoms with Gasteiger partial charge in [-0.25, -0.2) is 12.7 Å². The van der Waals surface area contributed by atoms with Crippen LogP contribution in [0.5, 0.6) is 0 Å². The zero-order valence-corrected chi connectivity index (χ0v) is 18.9. The van der Waals surface area contributed by atoms with E-state index in [4.69, 9.17) is 0 Å². The minimum Gasteiger partial charge on any atom is -0.322 e. The van der Waals surface area contributed by atoms with Crippen LogP contribution in [0.15, 0.2) is 69.3 Å². The molecule has 0 atom stereocenters. The van der Waals surface area contributed by atoms with Gasteiger partial charge in [0, 0.05) is 35.4 Å². The highest BCUT2D eigenvalue weighted by Crippen LogP contribution is 2.25. The van der Waals surface area contributed by atoms with Gasteiger partial charge in [-0.15, -0.1) is 11.3 Å². The summed E-state index contributed by atoms with van der Waals surface area (Å²) in [7, 11) is -0.799. The zero-order valence-electron chi connectivity index (χ0n) is 15.6. The minimum atomic E-state index is -3.68. The molecule has 0 saturated heterocycles. The fourth-order valence-electron chi connectivity index (χ4n) is 2.40. The topological polar surface area (TPSA) is 66.5 Å². The zero-order chi connectivity index (χ0) is 21.0. The Morgan fingerprint density at radius 2 is 1.86 bits per heavy atom. The number of nitrogens with zero attached hydrogens (tertiary/aromatic N) is 1. The highest BCUT2D eigenvalue weighted by molar-refractivity contribution is 9.10. The average molecular weight is 489 g/mol. The highest BCUT2D eigenvalue weighted by Gasteiger charge is 2.22. The molecule has 0 fully saturated rings. The number of hydrogen-bond donors (Lipinski definition) is 1. The molecule has 0 aliphatic heterocycles. The van der Waals surface area contributed by atoms with Crippen molar-refractivity contribution in [3.05, 3.63) is 80.5 Å². The SMILES string of the molecule is CN(C)S(=O)(=O)c1cc(C(=O)Nc2cccc(C#Cc3cccs3)c2)ccc1Br. The van der Waals surface area contributed by atoms with Gasteiger partial charge in [0.25, 0.3) is 5.91 Å². The maximum atomic E-state index is 12.7. The molecule has 0 aliphatic carbocycles. The lowest BCUT2D eigenvalue weighted by atomic mass is 10.1. The van der Waals surface area contributed by atoms with E-state index in [9.17, 15) is 13.2 Å². The van der Waals surface area contributed by atoms with Gasteiger partial charge in [0.05, 0.1) is 9.77 Å². The van der Waals surface area contributed by atoms with Crippen LogP contribution in [-0.2, 0) is 10.0 Å². The van der Waals surface area contributed by atoms with Crippen LogP contribution < -0.4 is 5.32 Å². The lowest BCUT2D eigenvalue weighted by molar-refractivity contribution is 0.102. The summed E-state index contributed by atoms with van der Waals surface area (Å²) in [5.74, 6) is 5.73. The molecule has 1 N–H and O–H groups in total. The van der Waals surface area contributed by atoms with Crippen molar-refractivity contribution in [3.63, 3.8) is 0 Å². The minimum absolute atomic E-state index is 0.0331. The molecule has 8 heteroatoms. The van der Waals surface area contributed by atoms with Crippen LogP contribution in [0.2, 0.25) is 0 Å². The summed E-state index contributed by atoms with van der Waals surface area (Å²) in [5.41, 5.74) is 1.58. The maximum Gasteiger partial charge on any atom is 0.255 e. The Morgan fingerprint density at radius 3 is 2.55 bits per heavy atom. The molecular formula is C21H17BrN2O3S2. The highest BCUT2D eigenvalue weighted by atomic mass is 79.9. The molecule has 0 bridgehead atoms. The molecule has 0 radical (unpaired) electrons. The third-order valence-electron chi connectivity index (χ3n) is 3.92. The van der Waals surface area contributed by atoms with Crippen molar-refractivity contribution in [1.29, 1.82) is 0 Å². The number of nitrogens with one attached hydrogen (secondary N) is 1. The van der Waals surface area contributed by atoms with E-state index in [1.54, 1.807) is 41.7 Å². The van der Waals surface area contributed by atoms with Crippen molar-refractivity contribution in [2.75, 3.05) is 19.4 Å². The lowest BCUT2D eigenvalue weighted by Gasteiger charge is -2.14. The first-order valence-electron chi connectivity index (χ1n) is 8.46. The summed E-state index contributed by atoms with van der Waals surface area (Å²) in [6, 6.07) is 15.5. The van der Waals surface area contributed by atoms with E-state index >= 15 is 0 Å². The average Bonchev–Trinajstić information content (AvgIpc) is 3.20. The molecule has 0 unspecified atom stereocenters. The van der Waals surface area contributed by atoms with Crippen LogP contribution in [0.1, 0.15) is 20.8 Å². The van der Waals surface area contributed by atoms with Gasteiger partial charge in [-0.1, -0.05) is 24.0 Å². The van der Waals surface area contributed by atoms with E-state index in [-0.39, 0.29) is 10.5 Å². The summed E-state index contributed by atoms with van der Waals surface area (Å²) in [6.45, 7) is 0. The summed E-state index contributed by atoms with van der Waals surface area (Å²) < 4.78 is 26.4. The smallest absolute Gasteiger partial charge is 0.255 e. The number of hydrogen-bond acceptors (Lipinski definition) is 4. The van der Waals surface area contributed by atoms with Crippen LogP contribution in [0.3, 0.4) is 0 Å². The van der Waals surface area contributed by atoms with E-state index < -0.39 is 15.9 Å². The van der Waals surface area contributed by atoms with E-state index in [1.165, 1.54) is 20.2 Å². The Morgan fingerprint density at radius 1 is 1.07 bits per heavy atom. The number of sulfonamides is 1. The number of carbonyl (C=O) groups is 1. The van der Waals surface area contributed by atoms with Crippen molar-refractivity contribution in [2.24, 2.45) is 0 Å². The Bertz CT molecular complexity index is 1210. The molecule has 0 spiro atoms. The first-order valence-corrected chi connectivity index (χ1v) is 11.6. The molecule has 3 rings (SSSR count). The molecule has 148 valence electrons. The molecule has 2 aromatic carbocycles. The van der Waals surface area contributed by atoms with Gasteiger partial charge in [-0.3, -0.25) is 4.79 Å². The third kappa shape index (κ3) is 5.14. The van der Waals surface area contributed by atoms with Crippen molar-refractivity contribution in [2.45, 2.75) is 4.90 Å². The lowest BCUT2D eigenvalue weighted by Crippen LogP contribution is -2.23. The predicted octanol–water partition coefficient (Wildman–Crippen LogP) is 4.41. The molecule has 1 amide bonds. The molecule has 29 heavy (non-hydrogen) atoms. The second-order valence-corrected chi connectivity index (χ2v) is 10.1. The Hall–Kier alpha value is -2.44. The van der Waals surface area contributed by atoms with Crippen molar-refractivity contribution < 1.29 is 13.2 Å². The number of rotatable bonds is 4. The Kier molecular flexibility index (Phi) is 6.55. The van der Waals surface area contributed by atoms with Gasteiger partial charge >= 0.3 is 0 Å². The monoisotopic (exact) mass is 488 g/mol. The first-order chi connectivity index (χ1) is 13.8. The third-order valence-corrected chi connectivity index (χ3v) is 7.52. The van der Waals surface area contributed by atoms with Crippen molar-refractivity contribution in [3.8, 4) is 11.8 Å². The quantitative estimate of drug-likeness (QED) is 0.552. The molecule has 0 saturated carbocycles. The van der Waals surface area contributed by atoms with Crippen LogP contribution >= 0.6 is 27.3 Å². The summed E-state index contributed by atoms with van der Waals surface area (Å²) in [4.78, 5) is 13.7.